The van der Waals surface area contributed by atoms with Crippen LogP contribution in [0.1, 0.15) is 11.1 Å². The van der Waals surface area contributed by atoms with Crippen molar-refractivity contribution in [3.63, 3.8) is 0 Å². The first-order valence-electron chi connectivity index (χ1n) is 6.36. The van der Waals surface area contributed by atoms with Gasteiger partial charge in [-0.15, -0.1) is 0 Å². The Labute approximate surface area is 118 Å². The first-order valence-corrected chi connectivity index (χ1v) is 6.36. The fraction of sp³-hybridized carbons (Fsp3) is 0.357. The predicted octanol–water partition coefficient (Wildman–Crippen LogP) is 2.39. The molecule has 20 heavy (non-hydrogen) atoms. The molecule has 1 N–H and O–H groups in total. The van der Waals surface area contributed by atoms with Crippen LogP contribution in [0.4, 0.5) is 11.9 Å². The molecular weight excluding hydrogens is 254 g/mol. The third-order valence-corrected chi connectivity index (χ3v) is 2.91. The van der Waals surface area contributed by atoms with Gasteiger partial charge >= 0.3 is 6.01 Å². The number of rotatable bonds is 4. The number of anilines is 2. The van der Waals surface area contributed by atoms with Crippen LogP contribution < -0.4 is 15.0 Å². The summed E-state index contributed by atoms with van der Waals surface area (Å²) < 4.78 is 5.72. The summed E-state index contributed by atoms with van der Waals surface area (Å²) in [6.45, 7) is 4.10. The minimum atomic E-state index is 0.274. The van der Waals surface area contributed by atoms with Crippen LogP contribution in [0.2, 0.25) is 0 Å². The normalized spacial score (nSPS) is 10.2. The smallest absolute Gasteiger partial charge is 0.328 e. The second kappa shape index (κ2) is 5.73. The summed E-state index contributed by atoms with van der Waals surface area (Å²) in [5, 5.41) is 2.90. The number of aryl methyl sites for hydroxylation is 2. The van der Waals surface area contributed by atoms with Crippen molar-refractivity contribution in [2.75, 3.05) is 31.4 Å². The Balaban J connectivity index is 2.32. The van der Waals surface area contributed by atoms with E-state index in [2.05, 4.69) is 27.2 Å². The average Bonchev–Trinajstić information content (AvgIpc) is 2.42. The van der Waals surface area contributed by atoms with Crippen LogP contribution in [0.3, 0.4) is 0 Å². The highest BCUT2D eigenvalue weighted by Crippen LogP contribution is 2.22. The van der Waals surface area contributed by atoms with E-state index in [9.17, 15) is 0 Å². The molecule has 0 bridgehead atoms. The van der Waals surface area contributed by atoms with Gasteiger partial charge in [0.15, 0.2) is 0 Å². The first-order chi connectivity index (χ1) is 9.49. The molecule has 0 unspecified atom stereocenters. The molecule has 2 rings (SSSR count). The molecule has 106 valence electrons. The maximum Gasteiger partial charge on any atom is 0.328 e. The number of hydrogen-bond donors (Lipinski definition) is 1. The highest BCUT2D eigenvalue weighted by molar-refractivity contribution is 5.39. The number of benzene rings is 1. The summed E-state index contributed by atoms with van der Waals surface area (Å²) in [5.41, 5.74) is 2.39. The first kappa shape index (κ1) is 14.0. The van der Waals surface area contributed by atoms with Crippen molar-refractivity contribution in [3.05, 3.63) is 29.3 Å². The zero-order valence-electron chi connectivity index (χ0n) is 12.4. The van der Waals surface area contributed by atoms with E-state index in [0.29, 0.717) is 17.6 Å². The molecule has 1 aromatic carbocycles. The zero-order chi connectivity index (χ0) is 14.7. The molecule has 0 saturated heterocycles. The van der Waals surface area contributed by atoms with E-state index in [0.717, 1.165) is 0 Å². The van der Waals surface area contributed by atoms with Gasteiger partial charge in [-0.1, -0.05) is 6.07 Å². The summed E-state index contributed by atoms with van der Waals surface area (Å²) in [7, 11) is 5.50. The van der Waals surface area contributed by atoms with Crippen molar-refractivity contribution in [2.24, 2.45) is 0 Å². The van der Waals surface area contributed by atoms with E-state index >= 15 is 0 Å². The Morgan fingerprint density at radius 3 is 2.40 bits per heavy atom. The van der Waals surface area contributed by atoms with Crippen LogP contribution in [0.25, 0.3) is 0 Å². The van der Waals surface area contributed by atoms with Crippen LogP contribution in [0, 0.1) is 13.8 Å². The number of aromatic nitrogens is 3. The number of hydrogen-bond acceptors (Lipinski definition) is 6. The molecule has 0 saturated carbocycles. The molecule has 0 aliphatic heterocycles. The van der Waals surface area contributed by atoms with Crippen LogP contribution in [-0.2, 0) is 0 Å². The molecule has 1 aromatic heterocycles. The Hall–Kier alpha value is -2.37. The number of ether oxygens (including phenoxy) is 1. The van der Waals surface area contributed by atoms with Gasteiger partial charge in [0.05, 0.1) is 0 Å². The van der Waals surface area contributed by atoms with Gasteiger partial charge in [-0.05, 0) is 37.1 Å². The highest BCUT2D eigenvalue weighted by Gasteiger charge is 2.09. The second-order valence-electron chi connectivity index (χ2n) is 4.73. The lowest BCUT2D eigenvalue weighted by molar-refractivity contribution is 0.440. The van der Waals surface area contributed by atoms with Crippen LogP contribution in [0.15, 0.2) is 18.2 Å². The largest absolute Gasteiger partial charge is 0.424 e. The van der Waals surface area contributed by atoms with Gasteiger partial charge in [0.2, 0.25) is 11.9 Å². The molecule has 0 spiro atoms. The molecule has 0 radical (unpaired) electrons. The maximum absolute atomic E-state index is 5.72. The van der Waals surface area contributed by atoms with Crippen molar-refractivity contribution < 1.29 is 4.74 Å². The minimum Gasteiger partial charge on any atom is -0.424 e. The standard InChI is InChI=1S/C14H19N5O/c1-9-6-7-11(8-10(9)2)20-14-17-12(15-3)16-13(18-14)19(4)5/h6-8H,1-5H3,(H,15,16,17,18). The molecule has 0 fully saturated rings. The van der Waals surface area contributed by atoms with Crippen molar-refractivity contribution in [3.8, 4) is 11.8 Å². The van der Waals surface area contributed by atoms with Gasteiger partial charge in [0.1, 0.15) is 5.75 Å². The Morgan fingerprint density at radius 2 is 1.80 bits per heavy atom. The van der Waals surface area contributed by atoms with Crippen molar-refractivity contribution in [2.45, 2.75) is 13.8 Å². The molecule has 0 aliphatic rings. The van der Waals surface area contributed by atoms with Crippen molar-refractivity contribution in [1.82, 2.24) is 15.0 Å². The summed E-state index contributed by atoms with van der Waals surface area (Å²) in [6.07, 6.45) is 0. The fourth-order valence-corrected chi connectivity index (χ4v) is 1.59. The van der Waals surface area contributed by atoms with Gasteiger partial charge in [-0.25, -0.2) is 0 Å². The van der Waals surface area contributed by atoms with Gasteiger partial charge in [-0.3, -0.25) is 0 Å². The average molecular weight is 273 g/mol. The topological polar surface area (TPSA) is 63.2 Å². The third-order valence-electron chi connectivity index (χ3n) is 2.91. The van der Waals surface area contributed by atoms with E-state index in [1.165, 1.54) is 11.1 Å². The lowest BCUT2D eigenvalue weighted by atomic mass is 10.1. The zero-order valence-corrected chi connectivity index (χ0v) is 12.4. The highest BCUT2D eigenvalue weighted by atomic mass is 16.5. The van der Waals surface area contributed by atoms with E-state index in [4.69, 9.17) is 4.74 Å². The molecular formula is C14H19N5O. The van der Waals surface area contributed by atoms with E-state index < -0.39 is 0 Å². The van der Waals surface area contributed by atoms with Crippen molar-refractivity contribution in [1.29, 1.82) is 0 Å². The monoisotopic (exact) mass is 273 g/mol. The summed E-state index contributed by atoms with van der Waals surface area (Å²) in [6, 6.07) is 6.16. The van der Waals surface area contributed by atoms with E-state index in [-0.39, 0.29) is 6.01 Å². The molecule has 6 nitrogen and oxygen atoms in total. The lowest BCUT2D eigenvalue weighted by Gasteiger charge is -2.13. The van der Waals surface area contributed by atoms with Crippen LogP contribution >= 0.6 is 0 Å². The van der Waals surface area contributed by atoms with Gasteiger partial charge in [0, 0.05) is 21.1 Å². The third kappa shape index (κ3) is 3.14. The SMILES string of the molecule is CNc1nc(Oc2ccc(C)c(C)c2)nc(N(C)C)n1. The molecule has 0 amide bonds. The Morgan fingerprint density at radius 1 is 1.05 bits per heavy atom. The molecule has 0 atom stereocenters. The number of nitrogens with zero attached hydrogens (tertiary/aromatic N) is 4. The second-order valence-corrected chi connectivity index (χ2v) is 4.73. The maximum atomic E-state index is 5.72. The summed E-state index contributed by atoms with van der Waals surface area (Å²) >= 11 is 0. The Kier molecular flexibility index (Phi) is 4.02. The quantitative estimate of drug-likeness (QED) is 0.922. The summed E-state index contributed by atoms with van der Waals surface area (Å²) in [4.78, 5) is 14.5. The minimum absolute atomic E-state index is 0.274. The predicted molar refractivity (Wildman–Crippen MR) is 79.7 cm³/mol. The van der Waals surface area contributed by atoms with E-state index in [1.54, 1.807) is 11.9 Å². The van der Waals surface area contributed by atoms with Gasteiger partial charge < -0.3 is 15.0 Å². The van der Waals surface area contributed by atoms with Gasteiger partial charge in [-0.2, -0.15) is 15.0 Å². The van der Waals surface area contributed by atoms with Crippen LogP contribution in [-0.4, -0.2) is 36.1 Å². The molecule has 6 heteroatoms. The molecule has 2 aromatic rings. The summed E-state index contributed by atoms with van der Waals surface area (Å²) in [5.74, 6) is 1.73. The van der Waals surface area contributed by atoms with Gasteiger partial charge in [0.25, 0.3) is 0 Å². The van der Waals surface area contributed by atoms with E-state index in [1.807, 2.05) is 39.2 Å². The fourth-order valence-electron chi connectivity index (χ4n) is 1.59. The molecule has 1 heterocycles. The lowest BCUT2D eigenvalue weighted by Crippen LogP contribution is -2.15. The van der Waals surface area contributed by atoms with Crippen LogP contribution in [0.5, 0.6) is 11.8 Å². The molecule has 0 aliphatic carbocycles. The Bertz CT molecular complexity index is 613. The van der Waals surface area contributed by atoms with Crippen molar-refractivity contribution >= 4 is 11.9 Å². The number of nitrogens with one attached hydrogen (secondary N) is 1.